The first-order valence-electron chi connectivity index (χ1n) is 7.43. The number of hydrogen-bond donors (Lipinski definition) is 0. The fourth-order valence-corrected chi connectivity index (χ4v) is 2.54. The van der Waals surface area contributed by atoms with E-state index in [1.54, 1.807) is 25.0 Å². The number of nitrogens with zero attached hydrogens (tertiary/aromatic N) is 2. The summed E-state index contributed by atoms with van der Waals surface area (Å²) >= 11 is 0. The number of aromatic nitrogens is 1. The average molecular weight is 310 g/mol. The molecule has 1 amide bonds. The van der Waals surface area contributed by atoms with Gasteiger partial charge in [0.05, 0.1) is 18.5 Å². The van der Waals surface area contributed by atoms with Gasteiger partial charge in [0, 0.05) is 6.54 Å². The molecule has 0 saturated heterocycles. The molecular formula is C18H18N2O3. The van der Waals surface area contributed by atoms with Crippen molar-refractivity contribution < 1.29 is 13.7 Å². The van der Waals surface area contributed by atoms with Crippen LogP contribution in [-0.4, -0.2) is 16.0 Å². The molecule has 0 aliphatic carbocycles. The van der Waals surface area contributed by atoms with Crippen molar-refractivity contribution in [1.29, 1.82) is 0 Å². The van der Waals surface area contributed by atoms with Crippen LogP contribution >= 0.6 is 0 Å². The second-order valence-corrected chi connectivity index (χ2v) is 5.43. The van der Waals surface area contributed by atoms with Gasteiger partial charge in [-0.15, -0.1) is 0 Å². The van der Waals surface area contributed by atoms with Gasteiger partial charge in [0.2, 0.25) is 0 Å². The Kier molecular flexibility index (Phi) is 4.28. The van der Waals surface area contributed by atoms with Crippen molar-refractivity contribution in [2.45, 2.75) is 26.9 Å². The van der Waals surface area contributed by atoms with E-state index in [0.29, 0.717) is 30.1 Å². The predicted octanol–water partition coefficient (Wildman–Crippen LogP) is 3.73. The minimum absolute atomic E-state index is 0.110. The molecule has 0 saturated carbocycles. The van der Waals surface area contributed by atoms with E-state index in [1.807, 2.05) is 42.5 Å². The Bertz CT molecular complexity index is 756. The molecule has 0 radical (unpaired) electrons. The molecule has 3 aromatic rings. The largest absolute Gasteiger partial charge is 0.467 e. The average Bonchev–Trinajstić information content (AvgIpc) is 3.17. The van der Waals surface area contributed by atoms with Crippen molar-refractivity contribution in [3.05, 3.63) is 77.1 Å². The van der Waals surface area contributed by atoms with Crippen LogP contribution in [-0.2, 0) is 13.1 Å². The minimum atomic E-state index is -0.110. The van der Waals surface area contributed by atoms with E-state index >= 15 is 0 Å². The van der Waals surface area contributed by atoms with Crippen LogP contribution in [0.3, 0.4) is 0 Å². The summed E-state index contributed by atoms with van der Waals surface area (Å²) in [6, 6.07) is 13.5. The zero-order valence-electron chi connectivity index (χ0n) is 13.2. The van der Waals surface area contributed by atoms with Crippen molar-refractivity contribution in [3.63, 3.8) is 0 Å². The van der Waals surface area contributed by atoms with E-state index in [0.717, 1.165) is 11.3 Å². The molecule has 118 valence electrons. The summed E-state index contributed by atoms with van der Waals surface area (Å²) in [6.45, 7) is 4.41. The van der Waals surface area contributed by atoms with Gasteiger partial charge in [-0.25, -0.2) is 0 Å². The first kappa shape index (κ1) is 15.1. The molecule has 0 atom stereocenters. The normalized spacial score (nSPS) is 10.7. The van der Waals surface area contributed by atoms with Gasteiger partial charge in [-0.2, -0.15) is 0 Å². The summed E-state index contributed by atoms with van der Waals surface area (Å²) in [6.07, 6.45) is 1.61. The molecule has 0 aliphatic rings. The second-order valence-electron chi connectivity index (χ2n) is 5.43. The molecule has 2 heterocycles. The Morgan fingerprint density at radius 1 is 1.09 bits per heavy atom. The first-order valence-corrected chi connectivity index (χ1v) is 7.43. The Hall–Kier alpha value is -2.82. The lowest BCUT2D eigenvalue weighted by molar-refractivity contribution is 0.0715. The van der Waals surface area contributed by atoms with Crippen LogP contribution < -0.4 is 0 Å². The van der Waals surface area contributed by atoms with Gasteiger partial charge in [-0.3, -0.25) is 4.79 Å². The van der Waals surface area contributed by atoms with Gasteiger partial charge in [-0.05, 0) is 31.5 Å². The number of carbonyl (C=O) groups excluding carboxylic acids is 1. The lowest BCUT2D eigenvalue weighted by Crippen LogP contribution is -2.30. The summed E-state index contributed by atoms with van der Waals surface area (Å²) < 4.78 is 10.5. The highest BCUT2D eigenvalue weighted by molar-refractivity contribution is 5.96. The van der Waals surface area contributed by atoms with Crippen molar-refractivity contribution in [3.8, 4) is 0 Å². The SMILES string of the molecule is Cc1noc(C)c1C(=O)N(Cc1ccccc1)Cc1ccco1. The van der Waals surface area contributed by atoms with Gasteiger partial charge in [0.25, 0.3) is 5.91 Å². The molecule has 1 aromatic carbocycles. The van der Waals surface area contributed by atoms with Crippen LogP contribution in [0, 0.1) is 13.8 Å². The van der Waals surface area contributed by atoms with Crippen LogP contribution in [0.15, 0.2) is 57.7 Å². The molecule has 0 spiro atoms. The van der Waals surface area contributed by atoms with Crippen LogP contribution in [0.5, 0.6) is 0 Å². The maximum absolute atomic E-state index is 13.0. The van der Waals surface area contributed by atoms with Gasteiger partial charge >= 0.3 is 0 Å². The second kappa shape index (κ2) is 6.52. The zero-order chi connectivity index (χ0) is 16.2. The molecule has 2 aromatic heterocycles. The summed E-state index contributed by atoms with van der Waals surface area (Å²) in [5, 5.41) is 3.88. The van der Waals surface area contributed by atoms with Gasteiger partial charge in [0.15, 0.2) is 0 Å². The van der Waals surface area contributed by atoms with Crippen LogP contribution in [0.1, 0.15) is 33.1 Å². The number of benzene rings is 1. The van der Waals surface area contributed by atoms with Crippen LogP contribution in [0.25, 0.3) is 0 Å². The van der Waals surface area contributed by atoms with E-state index < -0.39 is 0 Å². The summed E-state index contributed by atoms with van der Waals surface area (Å²) in [4.78, 5) is 14.7. The molecule has 0 N–H and O–H groups in total. The fourth-order valence-electron chi connectivity index (χ4n) is 2.54. The van der Waals surface area contributed by atoms with Gasteiger partial charge in [-0.1, -0.05) is 35.5 Å². The van der Waals surface area contributed by atoms with Gasteiger partial charge in [0.1, 0.15) is 17.1 Å². The number of furan rings is 1. The predicted molar refractivity (Wildman–Crippen MR) is 84.7 cm³/mol. The lowest BCUT2D eigenvalue weighted by atomic mass is 10.1. The number of carbonyl (C=O) groups is 1. The summed E-state index contributed by atoms with van der Waals surface area (Å²) in [5.74, 6) is 1.16. The van der Waals surface area contributed by atoms with Crippen LogP contribution in [0.4, 0.5) is 0 Å². The molecule has 23 heavy (non-hydrogen) atoms. The lowest BCUT2D eigenvalue weighted by Gasteiger charge is -2.21. The third-order valence-electron chi connectivity index (χ3n) is 3.68. The standard InChI is InChI=1S/C18H18N2O3/c1-13-17(14(2)23-19-13)18(21)20(12-16-9-6-10-22-16)11-15-7-4-3-5-8-15/h3-10H,11-12H2,1-2H3. The Morgan fingerprint density at radius 3 is 2.48 bits per heavy atom. The maximum atomic E-state index is 13.0. The third kappa shape index (κ3) is 3.34. The molecule has 0 bridgehead atoms. The number of amides is 1. The first-order chi connectivity index (χ1) is 11.1. The topological polar surface area (TPSA) is 59.5 Å². The number of hydrogen-bond acceptors (Lipinski definition) is 4. The molecule has 3 rings (SSSR count). The van der Waals surface area contributed by atoms with E-state index in [-0.39, 0.29) is 5.91 Å². The molecule has 0 fully saturated rings. The van der Waals surface area contributed by atoms with Crippen molar-refractivity contribution in [1.82, 2.24) is 10.1 Å². The zero-order valence-corrected chi connectivity index (χ0v) is 13.2. The highest BCUT2D eigenvalue weighted by Crippen LogP contribution is 2.19. The monoisotopic (exact) mass is 310 g/mol. The Morgan fingerprint density at radius 2 is 1.87 bits per heavy atom. The van der Waals surface area contributed by atoms with Gasteiger partial charge < -0.3 is 13.8 Å². The Labute approximate surface area is 134 Å². The van der Waals surface area contributed by atoms with E-state index in [9.17, 15) is 4.79 Å². The molecular weight excluding hydrogens is 292 g/mol. The molecule has 0 unspecified atom stereocenters. The van der Waals surface area contributed by atoms with E-state index in [1.165, 1.54) is 0 Å². The summed E-state index contributed by atoms with van der Waals surface area (Å²) in [5.41, 5.74) is 2.18. The maximum Gasteiger partial charge on any atom is 0.260 e. The smallest absolute Gasteiger partial charge is 0.260 e. The molecule has 0 aliphatic heterocycles. The fraction of sp³-hybridized carbons (Fsp3) is 0.222. The summed E-state index contributed by atoms with van der Waals surface area (Å²) in [7, 11) is 0. The molecule has 5 heteroatoms. The van der Waals surface area contributed by atoms with Crippen molar-refractivity contribution in [2.24, 2.45) is 0 Å². The van der Waals surface area contributed by atoms with Crippen molar-refractivity contribution in [2.75, 3.05) is 0 Å². The highest BCUT2D eigenvalue weighted by atomic mass is 16.5. The molecule has 5 nitrogen and oxygen atoms in total. The van der Waals surface area contributed by atoms with E-state index in [4.69, 9.17) is 8.94 Å². The number of rotatable bonds is 5. The number of aryl methyl sites for hydroxylation is 2. The van der Waals surface area contributed by atoms with E-state index in [2.05, 4.69) is 5.16 Å². The van der Waals surface area contributed by atoms with Crippen LogP contribution in [0.2, 0.25) is 0 Å². The quantitative estimate of drug-likeness (QED) is 0.720. The Balaban J connectivity index is 1.89. The van der Waals surface area contributed by atoms with Crippen molar-refractivity contribution >= 4 is 5.91 Å². The third-order valence-corrected chi connectivity index (χ3v) is 3.68. The minimum Gasteiger partial charge on any atom is -0.467 e. The highest BCUT2D eigenvalue weighted by Gasteiger charge is 2.24.